The zero-order valence-electron chi connectivity index (χ0n) is 20.8. The van der Waals surface area contributed by atoms with E-state index < -0.39 is 0 Å². The number of carbonyl (C=O) groups is 1. The van der Waals surface area contributed by atoms with Crippen LogP contribution in [0.4, 0.5) is 5.82 Å². The highest BCUT2D eigenvalue weighted by atomic mass is 16.2. The third-order valence-electron chi connectivity index (χ3n) is 5.02. The Hall–Kier alpha value is -3.76. The molecule has 0 unspecified atom stereocenters. The Bertz CT molecular complexity index is 1170. The quantitative estimate of drug-likeness (QED) is 0.524. The third-order valence-corrected chi connectivity index (χ3v) is 5.02. The van der Waals surface area contributed by atoms with Gasteiger partial charge in [-0.2, -0.15) is 10.2 Å². The summed E-state index contributed by atoms with van der Waals surface area (Å²) in [6.45, 7) is 9.43. The summed E-state index contributed by atoms with van der Waals surface area (Å²) >= 11 is 0. The number of anilines is 1. The van der Waals surface area contributed by atoms with Gasteiger partial charge in [0.05, 0.1) is 0 Å². The van der Waals surface area contributed by atoms with Gasteiger partial charge in [0.15, 0.2) is 5.82 Å². The van der Waals surface area contributed by atoms with Gasteiger partial charge in [0.25, 0.3) is 5.91 Å². The van der Waals surface area contributed by atoms with Gasteiger partial charge in [0.2, 0.25) is 5.82 Å². The standard InChI is InChI=1S/C27H32N6O/c1-19-15-25(30-24(16-28)29-19)33(18-27(2,3)4)31-26(34)23-13-11-22(12-14-23)21-9-7-20(8-10-21)17-32(5)6/h7-15H,17-18H2,1-6H3,(H,31,34). The van der Waals surface area contributed by atoms with Crippen LogP contribution in [0, 0.1) is 23.7 Å². The number of hydrogen-bond acceptors (Lipinski definition) is 6. The van der Waals surface area contributed by atoms with Crippen LogP contribution in [-0.4, -0.2) is 41.4 Å². The van der Waals surface area contributed by atoms with Crippen molar-refractivity contribution in [3.05, 3.63) is 77.2 Å². The van der Waals surface area contributed by atoms with Crippen molar-refractivity contribution in [1.82, 2.24) is 20.3 Å². The maximum absolute atomic E-state index is 13.1. The van der Waals surface area contributed by atoms with Crippen LogP contribution in [0.1, 0.15) is 48.2 Å². The van der Waals surface area contributed by atoms with Gasteiger partial charge in [-0.15, -0.1) is 0 Å². The summed E-state index contributed by atoms with van der Waals surface area (Å²) in [5.74, 6) is 0.317. The second-order valence-corrected chi connectivity index (χ2v) is 9.90. The zero-order valence-corrected chi connectivity index (χ0v) is 20.8. The van der Waals surface area contributed by atoms with Gasteiger partial charge in [-0.25, -0.2) is 4.98 Å². The number of aryl methyl sites for hydroxylation is 1. The lowest BCUT2D eigenvalue weighted by Crippen LogP contribution is -2.47. The first-order chi connectivity index (χ1) is 16.0. The minimum atomic E-state index is -0.244. The van der Waals surface area contributed by atoms with E-state index in [2.05, 4.69) is 79.4 Å². The smallest absolute Gasteiger partial charge is 0.269 e. The van der Waals surface area contributed by atoms with Crippen molar-refractivity contribution in [2.75, 3.05) is 25.6 Å². The Morgan fingerprint density at radius 3 is 2.12 bits per heavy atom. The zero-order chi connectivity index (χ0) is 24.9. The molecule has 3 aromatic rings. The first kappa shape index (κ1) is 24.9. The fraction of sp³-hybridized carbons (Fsp3) is 0.333. The molecule has 0 atom stereocenters. The maximum Gasteiger partial charge on any atom is 0.269 e. The van der Waals surface area contributed by atoms with Crippen LogP contribution in [0.3, 0.4) is 0 Å². The van der Waals surface area contributed by atoms with Crippen molar-refractivity contribution in [3.8, 4) is 17.2 Å². The van der Waals surface area contributed by atoms with Gasteiger partial charge >= 0.3 is 0 Å². The number of rotatable bonds is 7. The van der Waals surface area contributed by atoms with Crippen molar-refractivity contribution in [2.45, 2.75) is 34.2 Å². The van der Waals surface area contributed by atoms with E-state index in [-0.39, 0.29) is 17.1 Å². The van der Waals surface area contributed by atoms with E-state index >= 15 is 0 Å². The predicted octanol–water partition coefficient (Wildman–Crippen LogP) is 4.58. The molecule has 0 radical (unpaired) electrons. The molecule has 0 aliphatic rings. The van der Waals surface area contributed by atoms with E-state index in [0.717, 1.165) is 17.7 Å². The lowest BCUT2D eigenvalue weighted by Gasteiger charge is -2.31. The number of amides is 1. The number of nitrogens with one attached hydrogen (secondary N) is 1. The van der Waals surface area contributed by atoms with E-state index in [1.54, 1.807) is 18.0 Å². The van der Waals surface area contributed by atoms with Crippen molar-refractivity contribution >= 4 is 11.7 Å². The number of benzene rings is 2. The number of nitrogens with zero attached hydrogens (tertiary/aromatic N) is 5. The molecule has 1 heterocycles. The van der Waals surface area contributed by atoms with Crippen LogP contribution in [0.25, 0.3) is 11.1 Å². The van der Waals surface area contributed by atoms with Crippen molar-refractivity contribution < 1.29 is 4.79 Å². The van der Waals surface area contributed by atoms with Crippen LogP contribution in [-0.2, 0) is 6.54 Å². The van der Waals surface area contributed by atoms with Crippen molar-refractivity contribution in [2.24, 2.45) is 5.41 Å². The van der Waals surface area contributed by atoms with E-state index in [4.69, 9.17) is 0 Å². The van der Waals surface area contributed by atoms with Gasteiger partial charge < -0.3 is 4.90 Å². The largest absolute Gasteiger partial charge is 0.305 e. The summed E-state index contributed by atoms with van der Waals surface area (Å²) in [7, 11) is 4.10. The molecule has 1 aromatic heterocycles. The first-order valence-corrected chi connectivity index (χ1v) is 11.2. The molecule has 0 fully saturated rings. The molecule has 0 bridgehead atoms. The molecule has 2 aromatic carbocycles. The second kappa shape index (κ2) is 10.4. The number of hydrogen-bond donors (Lipinski definition) is 1. The van der Waals surface area contributed by atoms with Gasteiger partial charge in [-0.1, -0.05) is 57.2 Å². The van der Waals surface area contributed by atoms with Crippen LogP contribution in [0.2, 0.25) is 0 Å². The van der Waals surface area contributed by atoms with Crippen LogP contribution >= 0.6 is 0 Å². The number of nitriles is 1. The Morgan fingerprint density at radius 2 is 1.59 bits per heavy atom. The number of aromatic nitrogens is 2. The summed E-state index contributed by atoms with van der Waals surface area (Å²) in [4.78, 5) is 23.6. The number of hydrazine groups is 1. The van der Waals surface area contributed by atoms with Crippen LogP contribution < -0.4 is 10.4 Å². The highest BCUT2D eigenvalue weighted by molar-refractivity contribution is 5.95. The molecular formula is C27H32N6O. The summed E-state index contributed by atoms with van der Waals surface area (Å²) in [6, 6.07) is 19.7. The Balaban J connectivity index is 1.79. The summed E-state index contributed by atoms with van der Waals surface area (Å²) in [5, 5.41) is 10.9. The molecule has 1 N–H and O–H groups in total. The molecule has 1 amide bonds. The van der Waals surface area contributed by atoms with E-state index in [9.17, 15) is 10.1 Å². The molecule has 0 aliphatic carbocycles. The van der Waals surface area contributed by atoms with Gasteiger partial charge in [0.1, 0.15) is 6.07 Å². The topological polar surface area (TPSA) is 85.2 Å². The van der Waals surface area contributed by atoms with E-state index in [0.29, 0.717) is 23.6 Å². The van der Waals surface area contributed by atoms with Crippen LogP contribution in [0.5, 0.6) is 0 Å². The monoisotopic (exact) mass is 456 g/mol. The molecule has 0 aliphatic heterocycles. The lowest BCUT2D eigenvalue weighted by molar-refractivity contribution is 0.0945. The molecule has 3 rings (SSSR count). The molecule has 0 saturated carbocycles. The van der Waals surface area contributed by atoms with Crippen molar-refractivity contribution in [3.63, 3.8) is 0 Å². The average molecular weight is 457 g/mol. The predicted molar refractivity (Wildman–Crippen MR) is 135 cm³/mol. The summed E-state index contributed by atoms with van der Waals surface area (Å²) in [5.41, 5.74) is 7.44. The molecule has 7 heteroatoms. The average Bonchev–Trinajstić information content (AvgIpc) is 2.77. The highest BCUT2D eigenvalue weighted by Gasteiger charge is 2.21. The maximum atomic E-state index is 13.1. The van der Waals surface area contributed by atoms with E-state index in [1.807, 2.05) is 30.3 Å². The van der Waals surface area contributed by atoms with Gasteiger partial charge in [0, 0.05) is 30.4 Å². The molecule has 7 nitrogen and oxygen atoms in total. The molecule has 0 spiro atoms. The molecule has 176 valence electrons. The Labute approximate surface area is 202 Å². The molecule has 34 heavy (non-hydrogen) atoms. The van der Waals surface area contributed by atoms with Gasteiger partial charge in [-0.3, -0.25) is 15.2 Å². The summed E-state index contributed by atoms with van der Waals surface area (Å²) < 4.78 is 0. The van der Waals surface area contributed by atoms with Crippen LogP contribution in [0.15, 0.2) is 54.6 Å². The normalized spacial score (nSPS) is 11.2. The minimum Gasteiger partial charge on any atom is -0.305 e. The van der Waals surface area contributed by atoms with Crippen molar-refractivity contribution in [1.29, 1.82) is 5.26 Å². The second-order valence-electron chi connectivity index (χ2n) is 9.90. The lowest BCUT2D eigenvalue weighted by atomic mass is 9.96. The molecular weight excluding hydrogens is 424 g/mol. The fourth-order valence-corrected chi connectivity index (χ4v) is 3.56. The number of carbonyl (C=O) groups excluding carboxylic acids is 1. The Morgan fingerprint density at radius 1 is 1.00 bits per heavy atom. The van der Waals surface area contributed by atoms with Gasteiger partial charge in [-0.05, 0) is 55.3 Å². The third kappa shape index (κ3) is 6.87. The Kier molecular flexibility index (Phi) is 7.64. The van der Waals surface area contributed by atoms with E-state index in [1.165, 1.54) is 5.56 Å². The minimum absolute atomic E-state index is 0.0733. The highest BCUT2D eigenvalue weighted by Crippen LogP contribution is 2.22. The fourth-order valence-electron chi connectivity index (χ4n) is 3.56. The molecule has 0 saturated heterocycles. The first-order valence-electron chi connectivity index (χ1n) is 11.2. The summed E-state index contributed by atoms with van der Waals surface area (Å²) in [6.07, 6.45) is 0. The SMILES string of the molecule is Cc1cc(N(CC(C)(C)C)NC(=O)c2ccc(-c3ccc(CN(C)C)cc3)cc2)nc(C#N)n1.